The predicted molar refractivity (Wildman–Crippen MR) is 95.9 cm³/mol. The van der Waals surface area contributed by atoms with E-state index in [2.05, 4.69) is 10.1 Å². The number of fused-ring (bicyclic) bond motifs is 3. The fraction of sp³-hybridized carbons (Fsp3) is 0.294. The van der Waals surface area contributed by atoms with Gasteiger partial charge in [-0.25, -0.2) is 9.80 Å². The second kappa shape index (κ2) is 5.44. The van der Waals surface area contributed by atoms with Crippen LogP contribution in [0, 0.1) is 0 Å². The summed E-state index contributed by atoms with van der Waals surface area (Å²) in [5.74, 6) is 0.572. The Balaban J connectivity index is 1.94. The highest BCUT2D eigenvalue weighted by atomic mass is 16.2. The van der Waals surface area contributed by atoms with Gasteiger partial charge in [-0.2, -0.15) is 10.1 Å². The Kier molecular flexibility index (Phi) is 3.34. The summed E-state index contributed by atoms with van der Waals surface area (Å²) in [7, 11) is 3.11. The molecule has 0 fully saturated rings. The van der Waals surface area contributed by atoms with E-state index in [-0.39, 0.29) is 11.2 Å². The van der Waals surface area contributed by atoms with E-state index in [0.29, 0.717) is 30.2 Å². The van der Waals surface area contributed by atoms with Crippen LogP contribution in [0.15, 0.2) is 45.0 Å². The maximum absolute atomic E-state index is 12.6. The lowest BCUT2D eigenvalue weighted by atomic mass is 10.2. The van der Waals surface area contributed by atoms with Crippen LogP contribution in [-0.2, 0) is 27.2 Å². The van der Waals surface area contributed by atoms with Crippen molar-refractivity contribution in [1.82, 2.24) is 18.7 Å². The fourth-order valence-corrected chi connectivity index (χ4v) is 3.16. The topological polar surface area (TPSA) is 77.4 Å². The fourth-order valence-electron chi connectivity index (χ4n) is 3.16. The molecule has 25 heavy (non-hydrogen) atoms. The molecule has 0 saturated carbocycles. The zero-order valence-corrected chi connectivity index (χ0v) is 14.3. The third-order valence-electron chi connectivity index (χ3n) is 4.41. The van der Waals surface area contributed by atoms with Crippen molar-refractivity contribution in [2.45, 2.75) is 20.0 Å². The van der Waals surface area contributed by atoms with Crippen LogP contribution < -0.4 is 16.3 Å². The average Bonchev–Trinajstić information content (AvgIpc) is 2.98. The number of hydrogen-bond donors (Lipinski definition) is 0. The highest BCUT2D eigenvalue weighted by Crippen LogP contribution is 2.25. The van der Waals surface area contributed by atoms with Crippen LogP contribution in [-0.4, -0.2) is 24.4 Å². The summed E-state index contributed by atoms with van der Waals surface area (Å²) in [4.78, 5) is 29.4. The molecule has 2 aromatic heterocycles. The number of rotatable bonds is 2. The molecular weight excluding hydrogens is 320 g/mol. The minimum absolute atomic E-state index is 0.341. The van der Waals surface area contributed by atoms with Crippen LogP contribution in [0.2, 0.25) is 0 Å². The van der Waals surface area contributed by atoms with E-state index in [1.54, 1.807) is 12.1 Å². The highest BCUT2D eigenvalue weighted by Gasteiger charge is 2.26. The summed E-state index contributed by atoms with van der Waals surface area (Å²) >= 11 is 0. The van der Waals surface area contributed by atoms with Crippen molar-refractivity contribution in [1.29, 1.82) is 0 Å². The minimum atomic E-state index is -0.389. The first kappa shape index (κ1) is 15.4. The van der Waals surface area contributed by atoms with E-state index in [1.807, 2.05) is 41.8 Å². The van der Waals surface area contributed by atoms with Gasteiger partial charge in [0.15, 0.2) is 11.2 Å². The maximum Gasteiger partial charge on any atom is 0.332 e. The minimum Gasteiger partial charge on any atom is -0.297 e. The van der Waals surface area contributed by atoms with E-state index in [1.165, 1.54) is 11.6 Å². The van der Waals surface area contributed by atoms with Crippen LogP contribution in [0.1, 0.15) is 12.5 Å². The molecule has 0 bridgehead atoms. The van der Waals surface area contributed by atoms with Crippen molar-refractivity contribution in [2.24, 2.45) is 19.2 Å². The molecule has 3 heterocycles. The number of hydrogen-bond acceptors (Lipinski definition) is 5. The summed E-state index contributed by atoms with van der Waals surface area (Å²) in [6, 6.07) is 9.93. The number of aromatic nitrogens is 4. The zero-order valence-electron chi connectivity index (χ0n) is 14.3. The molecule has 0 radical (unpaired) electrons. The molecule has 0 spiro atoms. The first-order valence-electron chi connectivity index (χ1n) is 7.99. The van der Waals surface area contributed by atoms with E-state index in [4.69, 9.17) is 0 Å². The second-order valence-corrected chi connectivity index (χ2v) is 6.25. The SMILES string of the molecule is CC1=NN(Cc2ccccc2)c2nc3c(c(=O)n(C)c(=O)n3C)n2C1. The molecule has 0 amide bonds. The van der Waals surface area contributed by atoms with Gasteiger partial charge in [0, 0.05) is 14.1 Å². The first-order chi connectivity index (χ1) is 12.0. The highest BCUT2D eigenvalue weighted by molar-refractivity contribution is 5.87. The van der Waals surface area contributed by atoms with Gasteiger partial charge >= 0.3 is 5.69 Å². The quantitative estimate of drug-likeness (QED) is 0.693. The van der Waals surface area contributed by atoms with E-state index in [0.717, 1.165) is 15.8 Å². The average molecular weight is 338 g/mol. The first-order valence-corrected chi connectivity index (χ1v) is 7.99. The molecule has 1 aliphatic rings. The van der Waals surface area contributed by atoms with Crippen molar-refractivity contribution in [3.63, 3.8) is 0 Å². The van der Waals surface area contributed by atoms with Gasteiger partial charge in [-0.1, -0.05) is 30.3 Å². The summed E-state index contributed by atoms with van der Waals surface area (Å²) in [5, 5.41) is 6.36. The zero-order chi connectivity index (χ0) is 17.7. The summed E-state index contributed by atoms with van der Waals surface area (Å²) in [5.41, 5.74) is 2.03. The van der Waals surface area contributed by atoms with Gasteiger partial charge in [-0.15, -0.1) is 0 Å². The number of aryl methyl sites for hydroxylation is 1. The third kappa shape index (κ3) is 2.29. The predicted octanol–water partition coefficient (Wildman–Crippen LogP) is 0.830. The van der Waals surface area contributed by atoms with Crippen molar-refractivity contribution in [2.75, 3.05) is 5.01 Å². The molecule has 8 heteroatoms. The number of anilines is 1. The summed E-state index contributed by atoms with van der Waals surface area (Å²) in [6.07, 6.45) is 0. The Morgan fingerprint density at radius 1 is 1.08 bits per heavy atom. The normalized spacial score (nSPS) is 13.9. The van der Waals surface area contributed by atoms with Gasteiger partial charge in [0.1, 0.15) is 0 Å². The van der Waals surface area contributed by atoms with E-state index in [9.17, 15) is 9.59 Å². The Morgan fingerprint density at radius 3 is 2.52 bits per heavy atom. The molecule has 0 unspecified atom stereocenters. The van der Waals surface area contributed by atoms with E-state index >= 15 is 0 Å². The van der Waals surface area contributed by atoms with Crippen molar-refractivity contribution < 1.29 is 0 Å². The molecule has 0 N–H and O–H groups in total. The molecule has 1 aromatic carbocycles. The molecule has 128 valence electrons. The van der Waals surface area contributed by atoms with Gasteiger partial charge in [0.2, 0.25) is 5.95 Å². The van der Waals surface area contributed by atoms with Crippen LogP contribution in [0.5, 0.6) is 0 Å². The third-order valence-corrected chi connectivity index (χ3v) is 4.41. The molecule has 0 atom stereocenters. The van der Waals surface area contributed by atoms with Crippen molar-refractivity contribution in [3.8, 4) is 0 Å². The van der Waals surface area contributed by atoms with Gasteiger partial charge in [0.05, 0.1) is 18.8 Å². The lowest BCUT2D eigenvalue weighted by molar-refractivity contribution is 0.698. The summed E-state index contributed by atoms with van der Waals surface area (Å²) in [6.45, 7) is 2.93. The maximum atomic E-state index is 12.6. The molecule has 3 aromatic rings. The smallest absolute Gasteiger partial charge is 0.297 e. The Labute approximate surface area is 143 Å². The summed E-state index contributed by atoms with van der Waals surface area (Å²) < 4.78 is 4.35. The number of nitrogens with zero attached hydrogens (tertiary/aromatic N) is 6. The molecule has 1 aliphatic heterocycles. The molecule has 0 saturated heterocycles. The Bertz CT molecular complexity index is 1120. The number of benzene rings is 1. The largest absolute Gasteiger partial charge is 0.332 e. The molecule has 8 nitrogen and oxygen atoms in total. The molecular formula is C17H18N6O2. The van der Waals surface area contributed by atoms with Gasteiger partial charge in [-0.3, -0.25) is 18.5 Å². The van der Waals surface area contributed by atoms with Gasteiger partial charge in [0.25, 0.3) is 5.56 Å². The lowest BCUT2D eigenvalue weighted by Gasteiger charge is -2.24. The van der Waals surface area contributed by atoms with Gasteiger partial charge in [-0.05, 0) is 12.5 Å². The van der Waals surface area contributed by atoms with Crippen molar-refractivity contribution >= 4 is 22.8 Å². The van der Waals surface area contributed by atoms with Crippen molar-refractivity contribution in [3.05, 3.63) is 56.7 Å². The van der Waals surface area contributed by atoms with Crippen LogP contribution in [0.4, 0.5) is 5.95 Å². The number of hydrazone groups is 1. The van der Waals surface area contributed by atoms with Crippen LogP contribution in [0.3, 0.4) is 0 Å². The molecule has 0 aliphatic carbocycles. The van der Waals surface area contributed by atoms with Crippen LogP contribution >= 0.6 is 0 Å². The van der Waals surface area contributed by atoms with Crippen LogP contribution in [0.25, 0.3) is 11.2 Å². The standard InChI is InChI=1S/C17H18N6O2/c1-11-9-22-13-14(20(2)17(25)21(3)15(13)24)18-16(22)23(19-11)10-12-7-5-4-6-8-12/h4-8H,9-10H2,1-3H3. The van der Waals surface area contributed by atoms with E-state index < -0.39 is 0 Å². The lowest BCUT2D eigenvalue weighted by Crippen LogP contribution is -2.38. The molecule has 4 rings (SSSR count). The Morgan fingerprint density at radius 2 is 1.80 bits per heavy atom. The monoisotopic (exact) mass is 338 g/mol. The Hall–Kier alpha value is -3.16. The number of imidazole rings is 1. The van der Waals surface area contributed by atoms with Gasteiger partial charge < -0.3 is 0 Å². The second-order valence-electron chi connectivity index (χ2n) is 6.25.